The summed E-state index contributed by atoms with van der Waals surface area (Å²) < 4.78 is 9.29. The number of furan rings is 1. The van der Waals surface area contributed by atoms with E-state index in [1.165, 1.54) is 18.4 Å². The van der Waals surface area contributed by atoms with Gasteiger partial charge in [-0.1, -0.05) is 18.2 Å². The highest BCUT2D eigenvalue weighted by atomic mass is 16.5. The van der Waals surface area contributed by atoms with Gasteiger partial charge in [-0.05, 0) is 18.2 Å². The summed E-state index contributed by atoms with van der Waals surface area (Å²) in [7, 11) is 0. The summed E-state index contributed by atoms with van der Waals surface area (Å²) in [5, 5.41) is 9.26. The molecule has 4 nitrogen and oxygen atoms in total. The monoisotopic (exact) mass is 230 g/mol. The van der Waals surface area contributed by atoms with Crippen LogP contribution in [-0.4, -0.2) is 5.11 Å². The largest absolute Gasteiger partial charge is 0.481 e. The molecule has 4 heteroatoms. The number of para-hydroxylation sites is 1. The van der Waals surface area contributed by atoms with E-state index >= 15 is 0 Å². The van der Waals surface area contributed by atoms with Crippen LogP contribution < -0.4 is 5.63 Å². The van der Waals surface area contributed by atoms with Crippen LogP contribution in [0.1, 0.15) is 0 Å². The molecule has 0 bridgehead atoms. The molecule has 0 aliphatic carbocycles. The minimum Gasteiger partial charge on any atom is -0.481 e. The average molecular weight is 230 g/mol. The Morgan fingerprint density at radius 3 is 2.41 bits per heavy atom. The van der Waals surface area contributed by atoms with E-state index in [1.54, 1.807) is 18.2 Å². The lowest BCUT2D eigenvalue weighted by atomic mass is 10.2. The Balaban J connectivity index is 0.000000153. The van der Waals surface area contributed by atoms with Gasteiger partial charge in [0.05, 0.1) is 6.26 Å². The molecule has 2 aromatic heterocycles. The molecule has 1 N–H and O–H groups in total. The van der Waals surface area contributed by atoms with Crippen LogP contribution in [0.2, 0.25) is 0 Å². The zero-order valence-electron chi connectivity index (χ0n) is 8.87. The van der Waals surface area contributed by atoms with E-state index in [4.69, 9.17) is 9.52 Å². The van der Waals surface area contributed by atoms with Crippen molar-refractivity contribution in [2.75, 3.05) is 0 Å². The Labute approximate surface area is 96.7 Å². The predicted molar refractivity (Wildman–Crippen MR) is 62.9 cm³/mol. The summed E-state index contributed by atoms with van der Waals surface area (Å²) in [5.74, 6) is -0.0324. The van der Waals surface area contributed by atoms with Gasteiger partial charge < -0.3 is 13.9 Å². The molecule has 3 rings (SSSR count). The molecule has 0 atom stereocenters. The SMILES string of the molecule is O=c1ccc2ccccc2o1.Oc1ccco1. The van der Waals surface area contributed by atoms with Gasteiger partial charge in [-0.3, -0.25) is 0 Å². The summed E-state index contributed by atoms with van der Waals surface area (Å²) >= 11 is 0. The van der Waals surface area contributed by atoms with Gasteiger partial charge in [0, 0.05) is 17.5 Å². The molecule has 0 aliphatic rings. The molecule has 0 unspecified atom stereocenters. The molecule has 86 valence electrons. The number of hydrogen-bond donors (Lipinski definition) is 1. The fraction of sp³-hybridized carbons (Fsp3) is 0. The second-order valence-corrected chi connectivity index (χ2v) is 3.24. The van der Waals surface area contributed by atoms with E-state index in [0.717, 1.165) is 5.39 Å². The van der Waals surface area contributed by atoms with Crippen molar-refractivity contribution in [1.82, 2.24) is 0 Å². The van der Waals surface area contributed by atoms with E-state index < -0.39 is 0 Å². The first kappa shape index (κ1) is 11.0. The van der Waals surface area contributed by atoms with Crippen LogP contribution in [0.5, 0.6) is 5.95 Å². The molecule has 2 heterocycles. The summed E-state index contributed by atoms with van der Waals surface area (Å²) in [6, 6.07) is 13.7. The van der Waals surface area contributed by atoms with E-state index in [1.807, 2.05) is 18.2 Å². The zero-order valence-corrected chi connectivity index (χ0v) is 8.87. The normalized spacial score (nSPS) is 9.65. The molecular formula is C13H10O4. The molecular weight excluding hydrogens is 220 g/mol. The van der Waals surface area contributed by atoms with Crippen LogP contribution >= 0.6 is 0 Å². The molecule has 0 aliphatic heterocycles. The van der Waals surface area contributed by atoms with Crippen molar-refractivity contribution >= 4 is 11.0 Å². The van der Waals surface area contributed by atoms with E-state index in [2.05, 4.69) is 4.42 Å². The number of hydrogen-bond acceptors (Lipinski definition) is 4. The number of aromatic hydroxyl groups is 1. The Kier molecular flexibility index (Phi) is 3.25. The van der Waals surface area contributed by atoms with Crippen LogP contribution in [0.15, 0.2) is 68.4 Å². The lowest BCUT2D eigenvalue weighted by Crippen LogP contribution is -1.93. The van der Waals surface area contributed by atoms with Gasteiger partial charge in [0.2, 0.25) is 0 Å². The summed E-state index contributed by atoms with van der Waals surface area (Å²) in [4.78, 5) is 10.7. The molecule has 0 saturated heterocycles. The first-order valence-corrected chi connectivity index (χ1v) is 4.97. The van der Waals surface area contributed by atoms with Gasteiger partial charge in [0.25, 0.3) is 5.95 Å². The van der Waals surface area contributed by atoms with Gasteiger partial charge in [-0.15, -0.1) is 0 Å². The molecule has 0 spiro atoms. The highest BCUT2D eigenvalue weighted by Gasteiger charge is 1.92. The highest BCUT2D eigenvalue weighted by molar-refractivity contribution is 5.75. The predicted octanol–water partition coefficient (Wildman–Crippen LogP) is 2.78. The van der Waals surface area contributed by atoms with E-state index in [9.17, 15) is 4.79 Å². The molecule has 1 aromatic carbocycles. The fourth-order valence-electron chi connectivity index (χ4n) is 1.28. The lowest BCUT2D eigenvalue weighted by Gasteiger charge is -1.91. The maximum atomic E-state index is 10.7. The van der Waals surface area contributed by atoms with Crippen molar-refractivity contribution in [2.45, 2.75) is 0 Å². The first-order valence-electron chi connectivity index (χ1n) is 4.97. The standard InChI is InChI=1S/C9H6O2.C4H4O2/c10-9-6-5-7-3-1-2-4-8(7)11-9;5-4-2-1-3-6-4/h1-6H;1-3,5H. The quantitative estimate of drug-likeness (QED) is 0.603. The Morgan fingerprint density at radius 2 is 1.76 bits per heavy atom. The minimum atomic E-state index is -0.302. The van der Waals surface area contributed by atoms with Gasteiger partial charge in [-0.2, -0.15) is 0 Å². The number of benzene rings is 1. The maximum Gasteiger partial charge on any atom is 0.336 e. The van der Waals surface area contributed by atoms with Crippen molar-refractivity contribution in [2.24, 2.45) is 0 Å². The topological polar surface area (TPSA) is 63.6 Å². The third-order valence-corrected chi connectivity index (χ3v) is 2.03. The third-order valence-electron chi connectivity index (χ3n) is 2.03. The molecule has 17 heavy (non-hydrogen) atoms. The maximum absolute atomic E-state index is 10.7. The van der Waals surface area contributed by atoms with Crippen LogP contribution in [-0.2, 0) is 0 Å². The van der Waals surface area contributed by atoms with Crippen molar-refractivity contribution in [3.05, 3.63) is 65.2 Å². The second-order valence-electron chi connectivity index (χ2n) is 3.24. The highest BCUT2D eigenvalue weighted by Crippen LogP contribution is 2.09. The molecule has 0 saturated carbocycles. The first-order chi connectivity index (χ1) is 8.25. The van der Waals surface area contributed by atoms with Crippen molar-refractivity contribution < 1.29 is 13.9 Å². The van der Waals surface area contributed by atoms with Gasteiger partial charge in [0.1, 0.15) is 5.58 Å². The molecule has 0 radical (unpaired) electrons. The molecule has 3 aromatic rings. The lowest BCUT2D eigenvalue weighted by molar-refractivity contribution is 0.332. The van der Waals surface area contributed by atoms with Gasteiger partial charge in [-0.25, -0.2) is 4.79 Å². The Bertz CT molecular complexity index is 638. The van der Waals surface area contributed by atoms with Crippen molar-refractivity contribution in [1.29, 1.82) is 0 Å². The van der Waals surface area contributed by atoms with E-state index in [0.29, 0.717) is 5.58 Å². The van der Waals surface area contributed by atoms with Gasteiger partial charge in [0.15, 0.2) is 0 Å². The van der Waals surface area contributed by atoms with E-state index in [-0.39, 0.29) is 11.6 Å². The smallest absolute Gasteiger partial charge is 0.336 e. The summed E-state index contributed by atoms with van der Waals surface area (Å²) in [5.41, 5.74) is 0.337. The zero-order chi connectivity index (χ0) is 12.1. The fourth-order valence-corrected chi connectivity index (χ4v) is 1.28. The van der Waals surface area contributed by atoms with Gasteiger partial charge >= 0.3 is 5.63 Å². The summed E-state index contributed by atoms with van der Waals surface area (Å²) in [6.45, 7) is 0. The Hall–Kier alpha value is -2.49. The average Bonchev–Trinajstić information content (AvgIpc) is 2.81. The minimum absolute atomic E-state index is 0.0324. The Morgan fingerprint density at radius 1 is 0.941 bits per heavy atom. The van der Waals surface area contributed by atoms with Crippen LogP contribution in [0.3, 0.4) is 0 Å². The van der Waals surface area contributed by atoms with Crippen LogP contribution in [0.4, 0.5) is 0 Å². The van der Waals surface area contributed by atoms with Crippen LogP contribution in [0, 0.1) is 0 Å². The van der Waals surface area contributed by atoms with Crippen molar-refractivity contribution in [3.63, 3.8) is 0 Å². The van der Waals surface area contributed by atoms with Crippen molar-refractivity contribution in [3.8, 4) is 5.95 Å². The number of fused-ring (bicyclic) bond motifs is 1. The molecule has 0 amide bonds. The van der Waals surface area contributed by atoms with Crippen LogP contribution in [0.25, 0.3) is 11.0 Å². The molecule has 0 fully saturated rings. The third kappa shape index (κ3) is 2.98. The number of rotatable bonds is 0. The second kappa shape index (κ2) is 5.03. The summed E-state index contributed by atoms with van der Waals surface area (Å²) in [6.07, 6.45) is 1.41.